The van der Waals surface area contributed by atoms with E-state index in [2.05, 4.69) is 55.3 Å². The standard InChI is InChI=1S/C24H25N7OS/c1-16-8-6-11-19(26-16)14-25-28-22(32)15-33-24-30-29-23(31(24)3)17(2)27-21-13-7-10-18-9-4-5-12-20(18)21/h4-14,17,27H,15H2,1-3H3,(H,28,32)/b25-14-/t17-/m0/s1. The van der Waals surface area contributed by atoms with Crippen LogP contribution in [-0.4, -0.2) is 37.6 Å². The molecule has 33 heavy (non-hydrogen) atoms. The number of rotatable bonds is 8. The van der Waals surface area contributed by atoms with Crippen LogP contribution in [0, 0.1) is 6.92 Å². The van der Waals surface area contributed by atoms with E-state index in [1.54, 1.807) is 0 Å². The average Bonchev–Trinajstić information content (AvgIpc) is 3.18. The largest absolute Gasteiger partial charge is 0.375 e. The number of nitrogens with zero attached hydrogens (tertiary/aromatic N) is 5. The van der Waals surface area contributed by atoms with E-state index in [9.17, 15) is 4.79 Å². The second-order valence-corrected chi connectivity index (χ2v) is 8.52. The molecule has 1 atom stereocenters. The van der Waals surface area contributed by atoms with Gasteiger partial charge in [0.1, 0.15) is 0 Å². The molecule has 0 spiro atoms. The first-order valence-electron chi connectivity index (χ1n) is 10.5. The number of carbonyl (C=O) groups is 1. The maximum atomic E-state index is 12.2. The number of nitrogens with one attached hydrogen (secondary N) is 2. The summed E-state index contributed by atoms with van der Waals surface area (Å²) in [6.45, 7) is 3.95. The molecule has 0 saturated heterocycles. The number of carbonyl (C=O) groups excluding carboxylic acids is 1. The number of hydrazone groups is 1. The summed E-state index contributed by atoms with van der Waals surface area (Å²) in [7, 11) is 1.90. The summed E-state index contributed by atoms with van der Waals surface area (Å²) in [6, 6.07) is 20.0. The Labute approximate surface area is 196 Å². The predicted molar refractivity (Wildman–Crippen MR) is 132 cm³/mol. The normalized spacial score (nSPS) is 12.2. The van der Waals surface area contributed by atoms with Gasteiger partial charge in [-0.2, -0.15) is 5.10 Å². The number of aromatic nitrogens is 4. The maximum absolute atomic E-state index is 12.2. The van der Waals surface area contributed by atoms with Crippen LogP contribution in [0.1, 0.15) is 30.2 Å². The summed E-state index contributed by atoms with van der Waals surface area (Å²) in [6.07, 6.45) is 1.52. The van der Waals surface area contributed by atoms with Gasteiger partial charge in [0.15, 0.2) is 11.0 Å². The lowest BCUT2D eigenvalue weighted by atomic mass is 10.1. The van der Waals surface area contributed by atoms with Gasteiger partial charge in [-0.15, -0.1) is 10.2 Å². The Morgan fingerprint density at radius 1 is 1.12 bits per heavy atom. The molecular weight excluding hydrogens is 434 g/mol. The van der Waals surface area contributed by atoms with E-state index in [0.717, 1.165) is 22.6 Å². The number of fused-ring (bicyclic) bond motifs is 1. The van der Waals surface area contributed by atoms with Crippen molar-refractivity contribution in [2.24, 2.45) is 12.1 Å². The summed E-state index contributed by atoms with van der Waals surface area (Å²) in [5.41, 5.74) is 5.14. The quantitative estimate of drug-likeness (QED) is 0.234. The van der Waals surface area contributed by atoms with Crippen molar-refractivity contribution in [3.05, 3.63) is 77.9 Å². The number of hydrogen-bond acceptors (Lipinski definition) is 7. The van der Waals surface area contributed by atoms with Crippen molar-refractivity contribution in [1.82, 2.24) is 25.2 Å². The molecular formula is C24H25N7OS. The van der Waals surface area contributed by atoms with Crippen LogP contribution in [0.2, 0.25) is 0 Å². The van der Waals surface area contributed by atoms with Crippen molar-refractivity contribution in [2.45, 2.75) is 25.0 Å². The Bertz CT molecular complexity index is 1300. The summed E-state index contributed by atoms with van der Waals surface area (Å²) in [4.78, 5) is 16.5. The zero-order valence-electron chi connectivity index (χ0n) is 18.7. The van der Waals surface area contributed by atoms with Gasteiger partial charge in [0, 0.05) is 23.8 Å². The summed E-state index contributed by atoms with van der Waals surface area (Å²) in [5, 5.41) is 19.1. The molecule has 0 bridgehead atoms. The fraction of sp³-hybridized carbons (Fsp3) is 0.208. The van der Waals surface area contributed by atoms with Gasteiger partial charge >= 0.3 is 0 Å². The highest BCUT2D eigenvalue weighted by molar-refractivity contribution is 7.99. The third kappa shape index (κ3) is 5.56. The highest BCUT2D eigenvalue weighted by Crippen LogP contribution is 2.27. The monoisotopic (exact) mass is 459 g/mol. The molecule has 8 nitrogen and oxygen atoms in total. The summed E-state index contributed by atoms with van der Waals surface area (Å²) >= 11 is 1.31. The Kier molecular flexibility index (Phi) is 6.99. The average molecular weight is 460 g/mol. The Morgan fingerprint density at radius 3 is 2.76 bits per heavy atom. The van der Waals surface area contributed by atoms with Gasteiger partial charge < -0.3 is 9.88 Å². The molecule has 0 unspecified atom stereocenters. The molecule has 0 fully saturated rings. The van der Waals surface area contributed by atoms with E-state index < -0.39 is 0 Å². The molecule has 1 amide bonds. The number of aryl methyl sites for hydroxylation is 1. The minimum atomic E-state index is -0.226. The molecule has 2 heterocycles. The molecule has 2 aromatic carbocycles. The predicted octanol–water partition coefficient (Wildman–Crippen LogP) is 4.09. The van der Waals surface area contributed by atoms with Gasteiger partial charge in [-0.1, -0.05) is 54.2 Å². The third-order valence-corrected chi connectivity index (χ3v) is 6.07. The highest BCUT2D eigenvalue weighted by Gasteiger charge is 2.17. The van der Waals surface area contributed by atoms with Crippen LogP contribution < -0.4 is 10.7 Å². The number of benzene rings is 2. The summed E-state index contributed by atoms with van der Waals surface area (Å²) < 4.78 is 1.90. The summed E-state index contributed by atoms with van der Waals surface area (Å²) in [5.74, 6) is 0.736. The Morgan fingerprint density at radius 2 is 1.91 bits per heavy atom. The third-order valence-electron chi connectivity index (χ3n) is 5.05. The van der Waals surface area contributed by atoms with E-state index in [4.69, 9.17) is 0 Å². The van der Waals surface area contributed by atoms with Crippen molar-refractivity contribution in [2.75, 3.05) is 11.1 Å². The first kappa shape index (κ1) is 22.5. The van der Waals surface area contributed by atoms with Crippen molar-refractivity contribution < 1.29 is 4.79 Å². The molecule has 2 N–H and O–H groups in total. The minimum Gasteiger partial charge on any atom is -0.375 e. The lowest BCUT2D eigenvalue weighted by Gasteiger charge is -2.16. The molecule has 0 aliphatic heterocycles. The molecule has 168 valence electrons. The molecule has 4 rings (SSSR count). The SMILES string of the molecule is Cc1cccc(/C=N\NC(=O)CSc2nnc([C@H](C)Nc3cccc4ccccc34)n2C)n1. The number of amides is 1. The van der Waals surface area contributed by atoms with Gasteiger partial charge in [0.25, 0.3) is 5.91 Å². The topological polar surface area (TPSA) is 97.1 Å². The first-order chi connectivity index (χ1) is 16.0. The maximum Gasteiger partial charge on any atom is 0.250 e. The van der Waals surface area contributed by atoms with Crippen LogP contribution in [0.5, 0.6) is 0 Å². The lowest BCUT2D eigenvalue weighted by molar-refractivity contribution is -0.118. The molecule has 4 aromatic rings. The van der Waals surface area contributed by atoms with Crippen molar-refractivity contribution in [3.8, 4) is 0 Å². The van der Waals surface area contributed by atoms with E-state index >= 15 is 0 Å². The molecule has 2 aromatic heterocycles. The highest BCUT2D eigenvalue weighted by atomic mass is 32.2. The van der Waals surface area contributed by atoms with Crippen molar-refractivity contribution in [3.63, 3.8) is 0 Å². The molecule has 0 saturated carbocycles. The molecule has 0 aliphatic rings. The number of anilines is 1. The first-order valence-corrected chi connectivity index (χ1v) is 11.5. The smallest absolute Gasteiger partial charge is 0.250 e. The van der Waals surface area contributed by atoms with Crippen LogP contribution in [0.3, 0.4) is 0 Å². The van der Waals surface area contributed by atoms with E-state index in [1.807, 2.05) is 61.9 Å². The van der Waals surface area contributed by atoms with Crippen LogP contribution in [0.15, 0.2) is 70.9 Å². The molecule has 0 aliphatic carbocycles. The number of thioether (sulfide) groups is 1. The molecule has 0 radical (unpaired) electrons. The minimum absolute atomic E-state index is 0.0667. The van der Waals surface area contributed by atoms with Crippen LogP contribution in [0.25, 0.3) is 10.8 Å². The zero-order valence-corrected chi connectivity index (χ0v) is 19.5. The van der Waals surface area contributed by atoms with E-state index in [-0.39, 0.29) is 17.7 Å². The van der Waals surface area contributed by atoms with Gasteiger partial charge in [-0.3, -0.25) is 9.78 Å². The van der Waals surface area contributed by atoms with Crippen molar-refractivity contribution in [1.29, 1.82) is 0 Å². The van der Waals surface area contributed by atoms with Crippen LogP contribution in [0.4, 0.5) is 5.69 Å². The van der Waals surface area contributed by atoms with Gasteiger partial charge in [-0.25, -0.2) is 5.43 Å². The number of hydrogen-bond donors (Lipinski definition) is 2. The second kappa shape index (κ2) is 10.3. The fourth-order valence-electron chi connectivity index (χ4n) is 3.45. The Balaban J connectivity index is 1.35. The lowest BCUT2D eigenvalue weighted by Crippen LogP contribution is -2.20. The van der Waals surface area contributed by atoms with Gasteiger partial charge in [0.2, 0.25) is 0 Å². The molecule has 9 heteroatoms. The Hall–Kier alpha value is -3.72. The van der Waals surface area contributed by atoms with Gasteiger partial charge in [-0.05, 0) is 37.4 Å². The number of pyridine rings is 1. The van der Waals surface area contributed by atoms with Crippen molar-refractivity contribution >= 4 is 40.3 Å². The van der Waals surface area contributed by atoms with E-state index in [0.29, 0.717) is 10.9 Å². The van der Waals surface area contributed by atoms with Gasteiger partial charge in [0.05, 0.1) is 23.7 Å². The van der Waals surface area contributed by atoms with Crippen LogP contribution >= 0.6 is 11.8 Å². The second-order valence-electron chi connectivity index (χ2n) is 7.58. The van der Waals surface area contributed by atoms with E-state index in [1.165, 1.54) is 23.4 Å². The fourth-order valence-corrected chi connectivity index (χ4v) is 4.16. The zero-order chi connectivity index (χ0) is 23.2. The van der Waals surface area contributed by atoms with Crippen LogP contribution in [-0.2, 0) is 11.8 Å².